The number of hydrogen-bond donors (Lipinski definition) is 0. The number of aromatic nitrogens is 2. The van der Waals surface area contributed by atoms with Gasteiger partial charge < -0.3 is 18.9 Å². The van der Waals surface area contributed by atoms with Gasteiger partial charge in [-0.15, -0.1) is 0 Å². The van der Waals surface area contributed by atoms with Crippen LogP contribution in [0.2, 0.25) is 10.0 Å². The molecule has 0 fully saturated rings. The smallest absolute Gasteiger partial charge is 0.337 e. The van der Waals surface area contributed by atoms with Gasteiger partial charge in [-0.1, -0.05) is 47.5 Å². The summed E-state index contributed by atoms with van der Waals surface area (Å²) in [4.78, 5) is 14.6. The number of fused-ring (bicyclic) bond motifs is 4. The van der Waals surface area contributed by atoms with Gasteiger partial charge in [0.05, 0.1) is 61.1 Å². The fourth-order valence-electron chi connectivity index (χ4n) is 6.01. The second-order valence-electron chi connectivity index (χ2n) is 9.87. The average molecular weight is 599 g/mol. The summed E-state index contributed by atoms with van der Waals surface area (Å²) in [6, 6.07) is 20.6. The summed E-state index contributed by atoms with van der Waals surface area (Å²) < 4.78 is 26.7. The molecule has 3 aromatic heterocycles. The molecule has 7 nitrogen and oxygen atoms in total. The van der Waals surface area contributed by atoms with Gasteiger partial charge in [0.15, 0.2) is 0 Å². The first-order chi connectivity index (χ1) is 20.4. The molecule has 0 bridgehead atoms. The van der Waals surface area contributed by atoms with Crippen LogP contribution in [0.5, 0.6) is 23.0 Å². The molecule has 0 aliphatic heterocycles. The maximum atomic E-state index is 14.6. The van der Waals surface area contributed by atoms with Crippen molar-refractivity contribution in [1.29, 1.82) is 0 Å². The molecule has 0 aliphatic rings. The van der Waals surface area contributed by atoms with Crippen molar-refractivity contribution < 1.29 is 18.9 Å². The zero-order chi connectivity index (χ0) is 29.3. The van der Waals surface area contributed by atoms with Gasteiger partial charge in [0.1, 0.15) is 23.0 Å². The molecule has 42 heavy (non-hydrogen) atoms. The zero-order valence-electron chi connectivity index (χ0n) is 23.1. The Kier molecular flexibility index (Phi) is 6.11. The van der Waals surface area contributed by atoms with Gasteiger partial charge >= 0.3 is 5.69 Å². The summed E-state index contributed by atoms with van der Waals surface area (Å²) in [6.45, 7) is 0. The standard InChI is InChI=1S/C33H24Cl2N2O5/c1-39-21-13-23-29(24(14-21)40-2)27(18-7-11-20(35)12-8-18)32-30-26(42-4)15-25(41-3)28-22(17-5-9-19(34)10-6-17)16-36(31(28)30)33(38)37(23)32/h5-16H,1-4H3. The summed E-state index contributed by atoms with van der Waals surface area (Å²) in [5.41, 5.74) is 5.10. The van der Waals surface area contributed by atoms with Crippen LogP contribution in [0, 0.1) is 0 Å². The van der Waals surface area contributed by atoms with Crippen molar-refractivity contribution in [2.45, 2.75) is 0 Å². The third kappa shape index (κ3) is 3.63. The van der Waals surface area contributed by atoms with Crippen LogP contribution in [-0.4, -0.2) is 37.2 Å². The predicted molar refractivity (Wildman–Crippen MR) is 168 cm³/mol. The number of benzene rings is 4. The van der Waals surface area contributed by atoms with Gasteiger partial charge in [0.2, 0.25) is 0 Å². The topological polar surface area (TPSA) is 62.8 Å². The highest BCUT2D eigenvalue weighted by atomic mass is 35.5. The lowest BCUT2D eigenvalue weighted by atomic mass is 9.98. The first kappa shape index (κ1) is 26.3. The van der Waals surface area contributed by atoms with Crippen molar-refractivity contribution in [1.82, 2.24) is 8.80 Å². The Balaban J connectivity index is 1.80. The largest absolute Gasteiger partial charge is 0.497 e. The number of rotatable bonds is 6. The van der Waals surface area contributed by atoms with Crippen molar-refractivity contribution in [3.63, 3.8) is 0 Å². The van der Waals surface area contributed by atoms with Crippen molar-refractivity contribution in [3.05, 3.63) is 93.5 Å². The SMILES string of the molecule is COc1cc(OC)c2c(-c3ccc(Cl)cc3)c3c4c(OC)cc(OC)c5c(-c6ccc(Cl)cc6)cn(c(=O)n3c2c1)c54. The quantitative estimate of drug-likeness (QED) is 0.194. The van der Waals surface area contributed by atoms with Gasteiger partial charge in [-0.05, 0) is 35.4 Å². The third-order valence-corrected chi connectivity index (χ3v) is 8.32. The van der Waals surface area contributed by atoms with Crippen LogP contribution in [0.1, 0.15) is 0 Å². The molecule has 0 atom stereocenters. The van der Waals surface area contributed by atoms with E-state index in [1.54, 1.807) is 37.2 Å². The highest BCUT2D eigenvalue weighted by Gasteiger charge is 2.29. The Morgan fingerprint density at radius 1 is 0.619 bits per heavy atom. The minimum absolute atomic E-state index is 0.265. The fourth-order valence-corrected chi connectivity index (χ4v) is 6.26. The van der Waals surface area contributed by atoms with Crippen LogP contribution in [-0.2, 0) is 0 Å². The van der Waals surface area contributed by atoms with Crippen LogP contribution < -0.4 is 24.6 Å². The van der Waals surface area contributed by atoms with Crippen LogP contribution in [0.4, 0.5) is 0 Å². The van der Waals surface area contributed by atoms with Crippen molar-refractivity contribution in [2.75, 3.05) is 28.4 Å². The van der Waals surface area contributed by atoms with Gasteiger partial charge in [-0.25, -0.2) is 4.79 Å². The van der Waals surface area contributed by atoms with E-state index in [0.29, 0.717) is 49.6 Å². The molecule has 0 N–H and O–H groups in total. The van der Waals surface area contributed by atoms with Gasteiger partial charge in [-0.3, -0.25) is 8.80 Å². The van der Waals surface area contributed by atoms with Gasteiger partial charge in [-0.2, -0.15) is 0 Å². The Morgan fingerprint density at radius 3 is 1.79 bits per heavy atom. The summed E-state index contributed by atoms with van der Waals surface area (Å²) in [6.07, 6.45) is 1.84. The maximum absolute atomic E-state index is 14.6. The van der Waals surface area contributed by atoms with E-state index in [9.17, 15) is 4.79 Å². The minimum atomic E-state index is -0.265. The molecule has 7 rings (SSSR count). The number of halogens is 2. The summed E-state index contributed by atoms with van der Waals surface area (Å²) >= 11 is 12.5. The molecule has 0 saturated carbocycles. The molecule has 0 radical (unpaired) electrons. The second-order valence-corrected chi connectivity index (χ2v) is 10.7. The number of ether oxygens (including phenoxy) is 4. The monoisotopic (exact) mass is 598 g/mol. The molecular weight excluding hydrogens is 575 g/mol. The van der Waals surface area contributed by atoms with E-state index >= 15 is 0 Å². The Labute approximate surface area is 250 Å². The average Bonchev–Trinajstić information content (AvgIpc) is 3.58. The van der Waals surface area contributed by atoms with Crippen LogP contribution >= 0.6 is 23.2 Å². The van der Waals surface area contributed by atoms with Crippen molar-refractivity contribution in [3.8, 4) is 45.3 Å². The molecule has 0 unspecified atom stereocenters. The number of hydrogen-bond acceptors (Lipinski definition) is 5. The normalized spacial score (nSPS) is 11.7. The molecule has 3 heterocycles. The van der Waals surface area contributed by atoms with E-state index in [4.69, 9.17) is 42.1 Å². The summed E-state index contributed by atoms with van der Waals surface area (Å²) in [7, 11) is 6.41. The molecule has 0 saturated heterocycles. The zero-order valence-corrected chi connectivity index (χ0v) is 24.6. The number of methoxy groups -OCH3 is 4. The first-order valence-corrected chi connectivity index (χ1v) is 13.8. The minimum Gasteiger partial charge on any atom is -0.497 e. The van der Waals surface area contributed by atoms with E-state index in [1.807, 2.05) is 72.9 Å². The molecule has 0 amide bonds. The maximum Gasteiger partial charge on any atom is 0.337 e. The molecule has 7 aromatic rings. The van der Waals surface area contributed by atoms with Gasteiger partial charge in [0, 0.05) is 45.6 Å². The van der Waals surface area contributed by atoms with E-state index in [-0.39, 0.29) is 5.69 Å². The highest BCUT2D eigenvalue weighted by molar-refractivity contribution is 6.31. The molecular formula is C33H24Cl2N2O5. The molecule has 0 aliphatic carbocycles. The Hall–Kier alpha value is -4.59. The van der Waals surface area contributed by atoms with E-state index in [1.165, 1.54) is 0 Å². The van der Waals surface area contributed by atoms with Crippen molar-refractivity contribution in [2.24, 2.45) is 0 Å². The summed E-state index contributed by atoms with van der Waals surface area (Å²) in [5.74, 6) is 2.26. The highest BCUT2D eigenvalue weighted by Crippen LogP contribution is 2.49. The van der Waals surface area contributed by atoms with Gasteiger partial charge in [0.25, 0.3) is 0 Å². The fraction of sp³-hybridized carbons (Fsp3) is 0.121. The first-order valence-electron chi connectivity index (χ1n) is 13.1. The summed E-state index contributed by atoms with van der Waals surface area (Å²) in [5, 5.41) is 3.52. The van der Waals surface area contributed by atoms with Crippen LogP contribution in [0.3, 0.4) is 0 Å². The Morgan fingerprint density at radius 2 is 1.19 bits per heavy atom. The molecule has 9 heteroatoms. The Bertz CT molecular complexity index is 2220. The lowest BCUT2D eigenvalue weighted by molar-refractivity contribution is 0.398. The molecule has 0 spiro atoms. The van der Waals surface area contributed by atoms with Crippen LogP contribution in [0.15, 0.2) is 77.7 Å². The van der Waals surface area contributed by atoms with Crippen LogP contribution in [0.25, 0.3) is 55.0 Å². The van der Waals surface area contributed by atoms with E-state index in [0.717, 1.165) is 38.4 Å². The molecule has 210 valence electrons. The third-order valence-electron chi connectivity index (χ3n) is 7.82. The lowest BCUT2D eigenvalue weighted by Gasteiger charge is -2.14. The number of nitrogens with zero attached hydrogens (tertiary/aromatic N) is 2. The predicted octanol–water partition coefficient (Wildman–Crippen LogP) is 7.97. The lowest BCUT2D eigenvalue weighted by Crippen LogP contribution is -2.20. The van der Waals surface area contributed by atoms with Crippen molar-refractivity contribution >= 4 is 55.9 Å². The van der Waals surface area contributed by atoms with E-state index < -0.39 is 0 Å². The van der Waals surface area contributed by atoms with E-state index in [2.05, 4.69) is 0 Å². The second kappa shape index (κ2) is 9.76. The molecule has 4 aromatic carbocycles.